The first-order chi connectivity index (χ1) is 9.61. The number of nitrogens with two attached hydrogens (primary N) is 1. The molecule has 102 valence electrons. The van der Waals surface area contributed by atoms with Gasteiger partial charge in [-0.2, -0.15) is 0 Å². The molecule has 6 heteroatoms. The molecular formula is C14H10Cl2N2OS. The van der Waals surface area contributed by atoms with E-state index < -0.39 is 0 Å². The summed E-state index contributed by atoms with van der Waals surface area (Å²) < 4.78 is 5.65. The number of rotatable bonds is 3. The van der Waals surface area contributed by atoms with Crippen LogP contribution in [-0.4, -0.2) is 4.98 Å². The Morgan fingerprint density at radius 3 is 2.75 bits per heavy atom. The molecule has 2 N–H and O–H groups in total. The molecule has 1 aromatic heterocycles. The Balaban J connectivity index is 1.77. The third-order valence-electron chi connectivity index (χ3n) is 2.71. The number of oxazole rings is 1. The molecule has 0 amide bonds. The molecular weight excluding hydrogens is 315 g/mol. The first-order valence-electron chi connectivity index (χ1n) is 5.84. The monoisotopic (exact) mass is 324 g/mol. The number of hydrogen-bond acceptors (Lipinski definition) is 4. The highest BCUT2D eigenvalue weighted by atomic mass is 35.5. The second-order valence-electron chi connectivity index (χ2n) is 4.20. The summed E-state index contributed by atoms with van der Waals surface area (Å²) in [5.74, 6) is 1.27. The number of halogens is 2. The Morgan fingerprint density at radius 1 is 1.10 bits per heavy atom. The molecule has 3 nitrogen and oxygen atoms in total. The van der Waals surface area contributed by atoms with Crippen molar-refractivity contribution in [1.29, 1.82) is 0 Å². The lowest BCUT2D eigenvalue weighted by atomic mass is 10.3. The van der Waals surface area contributed by atoms with E-state index in [2.05, 4.69) is 4.98 Å². The molecule has 0 atom stereocenters. The van der Waals surface area contributed by atoms with Crippen molar-refractivity contribution >= 4 is 51.8 Å². The van der Waals surface area contributed by atoms with Gasteiger partial charge in [0.1, 0.15) is 5.52 Å². The van der Waals surface area contributed by atoms with Gasteiger partial charge in [-0.25, -0.2) is 4.98 Å². The van der Waals surface area contributed by atoms with E-state index in [1.54, 1.807) is 30.0 Å². The zero-order valence-corrected chi connectivity index (χ0v) is 12.6. The molecule has 20 heavy (non-hydrogen) atoms. The normalized spacial score (nSPS) is 11.1. The Morgan fingerprint density at radius 2 is 1.95 bits per heavy atom. The first-order valence-corrected chi connectivity index (χ1v) is 7.59. The molecule has 3 rings (SSSR count). The van der Waals surface area contributed by atoms with Crippen molar-refractivity contribution < 1.29 is 4.42 Å². The van der Waals surface area contributed by atoms with E-state index in [0.717, 1.165) is 10.4 Å². The van der Waals surface area contributed by atoms with Crippen LogP contribution < -0.4 is 5.73 Å². The van der Waals surface area contributed by atoms with Gasteiger partial charge in [0, 0.05) is 16.6 Å². The van der Waals surface area contributed by atoms with Gasteiger partial charge in [-0.05, 0) is 30.3 Å². The van der Waals surface area contributed by atoms with Crippen molar-refractivity contribution in [3.05, 3.63) is 52.3 Å². The summed E-state index contributed by atoms with van der Waals surface area (Å²) in [4.78, 5) is 5.42. The van der Waals surface area contributed by atoms with Crippen LogP contribution in [0.2, 0.25) is 10.0 Å². The van der Waals surface area contributed by atoms with Gasteiger partial charge in [0.05, 0.1) is 15.8 Å². The summed E-state index contributed by atoms with van der Waals surface area (Å²) in [6.45, 7) is 0. The smallest absolute Gasteiger partial charge is 0.205 e. The second-order valence-corrected chi connectivity index (χ2v) is 6.06. The van der Waals surface area contributed by atoms with Crippen LogP contribution in [0.1, 0.15) is 5.89 Å². The van der Waals surface area contributed by atoms with E-state index >= 15 is 0 Å². The predicted octanol–water partition coefficient (Wildman–Crippen LogP) is 5.01. The van der Waals surface area contributed by atoms with Crippen LogP contribution in [-0.2, 0) is 5.75 Å². The van der Waals surface area contributed by atoms with Crippen molar-refractivity contribution in [2.75, 3.05) is 5.73 Å². The quantitative estimate of drug-likeness (QED) is 0.543. The standard InChI is InChI=1S/C14H10Cl2N2OS/c15-10-3-2-9(6-11(10)16)20-7-14-18-12-4-1-8(17)5-13(12)19-14/h1-6H,7,17H2. The zero-order valence-electron chi connectivity index (χ0n) is 10.3. The van der Waals surface area contributed by atoms with Crippen molar-refractivity contribution in [1.82, 2.24) is 4.98 Å². The van der Waals surface area contributed by atoms with Crippen molar-refractivity contribution in [2.45, 2.75) is 10.6 Å². The van der Waals surface area contributed by atoms with Gasteiger partial charge in [0.15, 0.2) is 5.58 Å². The molecule has 0 saturated heterocycles. The fraction of sp³-hybridized carbons (Fsp3) is 0.0714. The fourth-order valence-electron chi connectivity index (χ4n) is 1.76. The summed E-state index contributed by atoms with van der Waals surface area (Å²) in [5.41, 5.74) is 7.89. The highest BCUT2D eigenvalue weighted by Gasteiger charge is 2.07. The van der Waals surface area contributed by atoms with Gasteiger partial charge in [0.25, 0.3) is 0 Å². The summed E-state index contributed by atoms with van der Waals surface area (Å²) >= 11 is 13.4. The Labute approximate surface area is 130 Å². The topological polar surface area (TPSA) is 52.0 Å². The van der Waals surface area contributed by atoms with Crippen LogP contribution in [0.3, 0.4) is 0 Å². The molecule has 0 aliphatic heterocycles. The molecule has 0 saturated carbocycles. The number of anilines is 1. The van der Waals surface area contributed by atoms with E-state index in [4.69, 9.17) is 33.4 Å². The molecule has 0 bridgehead atoms. The number of thioether (sulfide) groups is 1. The number of nitrogens with zero attached hydrogens (tertiary/aromatic N) is 1. The Bertz CT molecular complexity index is 773. The van der Waals surface area contributed by atoms with Crippen molar-refractivity contribution in [2.24, 2.45) is 0 Å². The molecule has 1 heterocycles. The van der Waals surface area contributed by atoms with E-state index in [1.807, 2.05) is 18.2 Å². The van der Waals surface area contributed by atoms with Crippen molar-refractivity contribution in [3.8, 4) is 0 Å². The molecule has 3 aromatic rings. The Hall–Kier alpha value is -1.36. The molecule has 0 fully saturated rings. The minimum atomic E-state index is 0.544. The highest BCUT2D eigenvalue weighted by molar-refractivity contribution is 7.98. The largest absolute Gasteiger partial charge is 0.440 e. The van der Waals surface area contributed by atoms with Crippen LogP contribution in [0.15, 0.2) is 45.7 Å². The zero-order chi connectivity index (χ0) is 14.1. The SMILES string of the molecule is Nc1ccc2nc(CSc3ccc(Cl)c(Cl)c3)oc2c1. The average molecular weight is 325 g/mol. The third-order valence-corrected chi connectivity index (χ3v) is 4.43. The van der Waals surface area contributed by atoms with Gasteiger partial charge in [-0.1, -0.05) is 23.2 Å². The maximum atomic E-state index is 5.98. The van der Waals surface area contributed by atoms with Crippen LogP contribution >= 0.6 is 35.0 Å². The van der Waals surface area contributed by atoms with Crippen molar-refractivity contribution in [3.63, 3.8) is 0 Å². The van der Waals surface area contributed by atoms with Gasteiger partial charge >= 0.3 is 0 Å². The minimum absolute atomic E-state index is 0.544. The summed E-state index contributed by atoms with van der Waals surface area (Å²) in [6.07, 6.45) is 0. The number of aromatic nitrogens is 1. The number of hydrogen-bond donors (Lipinski definition) is 1. The Kier molecular flexibility index (Phi) is 3.78. The first kappa shape index (κ1) is 13.6. The molecule has 0 spiro atoms. The van der Waals surface area contributed by atoms with Crippen LogP contribution in [0.5, 0.6) is 0 Å². The minimum Gasteiger partial charge on any atom is -0.440 e. The lowest BCUT2D eigenvalue weighted by molar-refractivity contribution is 0.556. The van der Waals surface area contributed by atoms with Crippen LogP contribution in [0, 0.1) is 0 Å². The summed E-state index contributed by atoms with van der Waals surface area (Å²) in [7, 11) is 0. The van der Waals surface area contributed by atoms with E-state index in [0.29, 0.717) is 33.0 Å². The number of fused-ring (bicyclic) bond motifs is 1. The van der Waals surface area contributed by atoms with Gasteiger partial charge in [-0.15, -0.1) is 11.8 Å². The molecule has 0 unspecified atom stereocenters. The van der Waals surface area contributed by atoms with E-state index in [9.17, 15) is 0 Å². The van der Waals surface area contributed by atoms with Crippen LogP contribution in [0.25, 0.3) is 11.1 Å². The predicted molar refractivity (Wildman–Crippen MR) is 84.4 cm³/mol. The maximum absolute atomic E-state index is 5.98. The third kappa shape index (κ3) is 2.87. The maximum Gasteiger partial charge on any atom is 0.205 e. The lowest BCUT2D eigenvalue weighted by Crippen LogP contribution is -1.81. The summed E-state index contributed by atoms with van der Waals surface area (Å²) in [6, 6.07) is 11.0. The molecule has 0 aliphatic carbocycles. The second kappa shape index (κ2) is 5.56. The van der Waals surface area contributed by atoms with Gasteiger partial charge in [0.2, 0.25) is 5.89 Å². The number of benzene rings is 2. The highest BCUT2D eigenvalue weighted by Crippen LogP contribution is 2.30. The average Bonchev–Trinajstić information content (AvgIpc) is 2.82. The van der Waals surface area contributed by atoms with E-state index in [1.165, 1.54) is 0 Å². The number of nitrogen functional groups attached to an aromatic ring is 1. The summed E-state index contributed by atoms with van der Waals surface area (Å²) in [5, 5.41) is 1.09. The van der Waals surface area contributed by atoms with Gasteiger partial charge in [-0.3, -0.25) is 0 Å². The fourth-order valence-corrected chi connectivity index (χ4v) is 2.90. The molecule has 2 aromatic carbocycles. The van der Waals surface area contributed by atoms with E-state index in [-0.39, 0.29) is 0 Å². The lowest BCUT2D eigenvalue weighted by Gasteiger charge is -2.00. The molecule has 0 aliphatic rings. The van der Waals surface area contributed by atoms with Crippen LogP contribution in [0.4, 0.5) is 5.69 Å². The molecule has 0 radical (unpaired) electrons. The van der Waals surface area contributed by atoms with Gasteiger partial charge < -0.3 is 10.2 Å².